The van der Waals surface area contributed by atoms with Gasteiger partial charge in [-0.05, 0) is 35.4 Å². The zero-order valence-electron chi connectivity index (χ0n) is 19.4. The summed E-state index contributed by atoms with van der Waals surface area (Å²) < 4.78 is 26.9. The predicted molar refractivity (Wildman–Crippen MR) is 135 cm³/mol. The third-order valence-electron chi connectivity index (χ3n) is 4.23. The molecule has 1 saturated carbocycles. The Hall–Kier alpha value is -2.58. The number of aliphatic imine (C=N–C) groups is 1. The quantitative estimate of drug-likeness (QED) is 0.518. The first-order valence-corrected chi connectivity index (χ1v) is 11.7. The van der Waals surface area contributed by atoms with Crippen LogP contribution in [0, 0.1) is 11.6 Å². The summed E-state index contributed by atoms with van der Waals surface area (Å²) in [6, 6.07) is 6.69. The number of nitrogens with two attached hydrogens (primary N) is 2. The molecule has 180 valence electrons. The molecular weight excluding hydrogens is 466 g/mol. The molecule has 1 fully saturated rings. The van der Waals surface area contributed by atoms with Gasteiger partial charge in [0.2, 0.25) is 0 Å². The Kier molecular flexibility index (Phi) is 11.9. The Morgan fingerprint density at radius 1 is 1.09 bits per heavy atom. The number of hydrogen-bond acceptors (Lipinski definition) is 4. The second-order valence-corrected chi connectivity index (χ2v) is 7.60. The Balaban J connectivity index is 0.000000687. The van der Waals surface area contributed by atoms with E-state index in [9.17, 15) is 13.6 Å². The van der Waals surface area contributed by atoms with Crippen LogP contribution in [-0.2, 0) is 11.3 Å². The highest BCUT2D eigenvalue weighted by Gasteiger charge is 2.35. The van der Waals surface area contributed by atoms with Gasteiger partial charge in [-0.3, -0.25) is 9.69 Å². The number of guanidine groups is 1. The molecule has 4 N–H and O–H groups in total. The number of thiocarbonyl (C=S) groups is 1. The largest absolute Gasteiger partial charge is 0.389 e. The average molecular weight is 497 g/mol. The topological polar surface area (TPSA) is 84.7 Å². The maximum atomic E-state index is 13.4. The first-order valence-electron chi connectivity index (χ1n) is 10.9. The zero-order chi connectivity index (χ0) is 25.1. The number of benzene rings is 2. The molecule has 1 aliphatic heterocycles. The highest BCUT2D eigenvalue weighted by molar-refractivity contribution is 7.80. The summed E-state index contributed by atoms with van der Waals surface area (Å²) in [7, 11) is 0. The van der Waals surface area contributed by atoms with Gasteiger partial charge in [-0.25, -0.2) is 13.8 Å². The van der Waals surface area contributed by atoms with Crippen LogP contribution in [0.4, 0.5) is 8.78 Å². The van der Waals surface area contributed by atoms with Crippen LogP contribution in [0.15, 0.2) is 41.4 Å². The Bertz CT molecular complexity index is 975. The van der Waals surface area contributed by atoms with E-state index in [0.29, 0.717) is 16.1 Å². The van der Waals surface area contributed by atoms with Crippen molar-refractivity contribution in [2.75, 3.05) is 0 Å². The minimum atomic E-state index is -1.09. The van der Waals surface area contributed by atoms with Gasteiger partial charge in [0.1, 0.15) is 16.6 Å². The number of carbonyl (C=O) groups is 1. The Morgan fingerprint density at radius 3 is 2.12 bits per heavy atom. The first kappa shape index (κ1) is 28.5. The molecule has 0 saturated heterocycles. The van der Waals surface area contributed by atoms with E-state index in [4.69, 9.17) is 35.3 Å². The minimum Gasteiger partial charge on any atom is -0.389 e. The lowest BCUT2D eigenvalue weighted by atomic mass is 10.1. The van der Waals surface area contributed by atoms with Crippen molar-refractivity contribution < 1.29 is 13.6 Å². The van der Waals surface area contributed by atoms with Crippen LogP contribution >= 0.6 is 23.8 Å². The molecular formula is C24H31ClF2N4OS. The van der Waals surface area contributed by atoms with Gasteiger partial charge in [-0.15, -0.1) is 0 Å². The minimum absolute atomic E-state index is 0.0449. The molecule has 1 atom stereocenters. The van der Waals surface area contributed by atoms with Gasteiger partial charge in [-0.2, -0.15) is 0 Å². The summed E-state index contributed by atoms with van der Waals surface area (Å²) in [5.41, 5.74) is 12.7. The molecule has 1 aliphatic carbocycles. The maximum absolute atomic E-state index is 13.4. The Morgan fingerprint density at radius 2 is 1.64 bits per heavy atom. The molecule has 2 aromatic carbocycles. The van der Waals surface area contributed by atoms with Gasteiger partial charge >= 0.3 is 0 Å². The number of amides is 1. The number of halogens is 3. The lowest BCUT2D eigenvalue weighted by molar-refractivity contribution is -0.127. The lowest BCUT2D eigenvalue weighted by Gasteiger charge is -2.18. The standard InChI is InChI=1S/C17H13ClF2N4OS.C3H6.2C2H6/c18-13-2-1-8(3-12(13)15(21)26)7-24-16(25)14(23-17(24)22)9-4-10(19)6-11(20)5-9;1-2-3-1;2*1-2/h1-6,14H,7H2,(H2,21,26)(H2,22,23);1-3H2;2*1-2H3. The fraction of sp³-hybridized carbons (Fsp3) is 0.375. The van der Waals surface area contributed by atoms with Crippen LogP contribution in [0.2, 0.25) is 5.02 Å². The van der Waals surface area contributed by atoms with Crippen LogP contribution < -0.4 is 11.5 Å². The fourth-order valence-corrected chi connectivity index (χ4v) is 3.11. The van der Waals surface area contributed by atoms with E-state index in [1.165, 1.54) is 24.2 Å². The predicted octanol–water partition coefficient (Wildman–Crippen LogP) is 5.87. The molecule has 0 aromatic heterocycles. The molecule has 0 radical (unpaired) electrons. The van der Waals surface area contributed by atoms with Gasteiger partial charge in [0.15, 0.2) is 12.0 Å². The number of nitrogens with zero attached hydrogens (tertiary/aromatic N) is 2. The van der Waals surface area contributed by atoms with Crippen LogP contribution in [0.5, 0.6) is 0 Å². The first-order chi connectivity index (χ1) is 15.8. The van der Waals surface area contributed by atoms with Crippen molar-refractivity contribution in [2.24, 2.45) is 16.5 Å². The molecule has 4 rings (SSSR count). The van der Waals surface area contributed by atoms with E-state index < -0.39 is 23.6 Å². The zero-order valence-corrected chi connectivity index (χ0v) is 20.9. The van der Waals surface area contributed by atoms with Crippen LogP contribution in [0.1, 0.15) is 69.7 Å². The van der Waals surface area contributed by atoms with Crippen molar-refractivity contribution in [2.45, 2.75) is 59.5 Å². The van der Waals surface area contributed by atoms with Crippen molar-refractivity contribution in [1.82, 2.24) is 4.90 Å². The van der Waals surface area contributed by atoms with Crippen molar-refractivity contribution in [3.63, 3.8) is 0 Å². The number of hydrogen-bond donors (Lipinski definition) is 2. The van der Waals surface area contributed by atoms with Gasteiger partial charge in [0.05, 0.1) is 11.6 Å². The second-order valence-electron chi connectivity index (χ2n) is 6.76. The van der Waals surface area contributed by atoms with Gasteiger partial charge in [-0.1, -0.05) is 76.8 Å². The summed E-state index contributed by atoms with van der Waals surface area (Å²) in [6.45, 7) is 8.09. The van der Waals surface area contributed by atoms with Gasteiger partial charge in [0, 0.05) is 11.6 Å². The van der Waals surface area contributed by atoms with E-state index >= 15 is 0 Å². The number of carbonyl (C=O) groups excluding carboxylic acids is 1. The van der Waals surface area contributed by atoms with Crippen molar-refractivity contribution >= 4 is 40.7 Å². The highest BCUT2D eigenvalue weighted by Crippen LogP contribution is 2.28. The summed E-state index contributed by atoms with van der Waals surface area (Å²) in [5.74, 6) is -2.12. The van der Waals surface area contributed by atoms with E-state index in [1.54, 1.807) is 18.2 Å². The molecule has 0 spiro atoms. The molecule has 1 amide bonds. The lowest BCUT2D eigenvalue weighted by Crippen LogP contribution is -2.37. The molecule has 9 heteroatoms. The average Bonchev–Trinajstić information content (AvgIpc) is 3.65. The molecule has 2 aromatic rings. The van der Waals surface area contributed by atoms with Crippen molar-refractivity contribution in [3.8, 4) is 0 Å². The van der Waals surface area contributed by atoms with E-state index in [0.717, 1.165) is 18.2 Å². The maximum Gasteiger partial charge on any atom is 0.259 e. The second kappa shape index (κ2) is 13.9. The van der Waals surface area contributed by atoms with E-state index in [2.05, 4.69) is 4.99 Å². The van der Waals surface area contributed by atoms with Crippen LogP contribution in [0.25, 0.3) is 0 Å². The third-order valence-corrected chi connectivity index (χ3v) is 4.78. The van der Waals surface area contributed by atoms with Crippen LogP contribution in [-0.4, -0.2) is 21.8 Å². The molecule has 5 nitrogen and oxygen atoms in total. The third kappa shape index (κ3) is 8.37. The normalized spacial score (nSPS) is 15.7. The van der Waals surface area contributed by atoms with E-state index in [-0.39, 0.29) is 23.1 Å². The molecule has 1 unspecified atom stereocenters. The highest BCUT2D eigenvalue weighted by atomic mass is 35.5. The monoisotopic (exact) mass is 496 g/mol. The molecule has 33 heavy (non-hydrogen) atoms. The fourth-order valence-electron chi connectivity index (χ4n) is 2.67. The summed E-state index contributed by atoms with van der Waals surface area (Å²) in [5, 5.41) is 0.392. The number of rotatable bonds is 4. The van der Waals surface area contributed by atoms with Crippen molar-refractivity contribution in [3.05, 3.63) is 69.7 Å². The molecule has 0 bridgehead atoms. The van der Waals surface area contributed by atoms with Crippen LogP contribution in [0.3, 0.4) is 0 Å². The SMILES string of the molecule is C1CC1.CC.CC.NC(=S)c1cc(CN2C(=O)C(c3cc(F)cc(F)c3)N=C2N)ccc1Cl. The smallest absolute Gasteiger partial charge is 0.259 e. The van der Waals surface area contributed by atoms with Gasteiger partial charge < -0.3 is 11.5 Å². The molecule has 2 aliphatic rings. The molecule has 1 heterocycles. The summed E-state index contributed by atoms with van der Waals surface area (Å²) in [4.78, 5) is 18.0. The van der Waals surface area contributed by atoms with Gasteiger partial charge in [0.25, 0.3) is 5.91 Å². The summed E-state index contributed by atoms with van der Waals surface area (Å²) >= 11 is 11.0. The summed E-state index contributed by atoms with van der Waals surface area (Å²) in [6.07, 6.45) is 4.50. The van der Waals surface area contributed by atoms with E-state index in [1.807, 2.05) is 27.7 Å². The Labute approximate surface area is 204 Å². The van der Waals surface area contributed by atoms with Crippen molar-refractivity contribution in [1.29, 1.82) is 0 Å².